The molecule has 1 unspecified atom stereocenters. The van der Waals surface area contributed by atoms with Gasteiger partial charge in [0.1, 0.15) is 0 Å². The maximum atomic E-state index is 4.40. The van der Waals surface area contributed by atoms with E-state index in [1.54, 1.807) is 0 Å². The summed E-state index contributed by atoms with van der Waals surface area (Å²) in [7, 11) is 1.87. The molecule has 1 saturated heterocycles. The smallest absolute Gasteiger partial charge is 0.191 e. The zero-order chi connectivity index (χ0) is 16.8. The molecule has 3 rings (SSSR count). The van der Waals surface area contributed by atoms with E-state index in [-0.39, 0.29) is 0 Å². The van der Waals surface area contributed by atoms with Crippen molar-refractivity contribution in [3.8, 4) is 0 Å². The summed E-state index contributed by atoms with van der Waals surface area (Å²) in [6.45, 7) is 6.66. The van der Waals surface area contributed by atoms with Crippen LogP contribution in [0.3, 0.4) is 0 Å². The van der Waals surface area contributed by atoms with Crippen LogP contribution in [0.2, 0.25) is 0 Å². The number of aliphatic imine (C=N–C) groups is 1. The van der Waals surface area contributed by atoms with Crippen LogP contribution in [0.25, 0.3) is 0 Å². The molecule has 1 aromatic carbocycles. The number of para-hydroxylation sites is 1. The largest absolute Gasteiger partial charge is 0.371 e. The predicted molar refractivity (Wildman–Crippen MR) is 103 cm³/mol. The van der Waals surface area contributed by atoms with Crippen LogP contribution >= 0.6 is 0 Å². The number of anilines is 1. The highest BCUT2D eigenvalue weighted by Gasteiger charge is 2.35. The maximum absolute atomic E-state index is 4.40. The van der Waals surface area contributed by atoms with Crippen LogP contribution in [0.5, 0.6) is 0 Å². The van der Waals surface area contributed by atoms with Crippen molar-refractivity contribution in [2.24, 2.45) is 16.3 Å². The van der Waals surface area contributed by atoms with Crippen LogP contribution in [0, 0.1) is 11.3 Å². The molecule has 132 valence electrons. The summed E-state index contributed by atoms with van der Waals surface area (Å²) in [5.41, 5.74) is 1.87. The molecule has 1 aliphatic carbocycles. The summed E-state index contributed by atoms with van der Waals surface area (Å²) in [5.74, 6) is 1.65. The lowest BCUT2D eigenvalue weighted by Gasteiger charge is -2.41. The van der Waals surface area contributed by atoms with Crippen LogP contribution in [0.4, 0.5) is 5.69 Å². The summed E-state index contributed by atoms with van der Waals surface area (Å²) >= 11 is 0. The average Bonchev–Trinajstić information content (AvgIpc) is 3.06. The lowest BCUT2D eigenvalue weighted by molar-refractivity contribution is 0.131. The minimum absolute atomic E-state index is 0.523. The van der Waals surface area contributed by atoms with Crippen LogP contribution in [0.1, 0.15) is 39.0 Å². The standard InChI is InChI=1S/C20H32N4/c1-3-20(11-7-12-20)16-23-19(21-2)22-14-17-10-13-24(15-17)18-8-5-4-6-9-18/h4-6,8-9,17H,3,7,10-16H2,1-2H3,(H2,21,22,23). The highest BCUT2D eigenvalue weighted by molar-refractivity contribution is 5.79. The molecule has 0 amide bonds. The second-order valence-corrected chi connectivity index (χ2v) is 7.45. The van der Waals surface area contributed by atoms with E-state index in [1.165, 1.54) is 37.8 Å². The van der Waals surface area contributed by atoms with E-state index in [2.05, 4.69) is 57.8 Å². The van der Waals surface area contributed by atoms with E-state index in [1.807, 2.05) is 7.05 Å². The van der Waals surface area contributed by atoms with Gasteiger partial charge in [-0.2, -0.15) is 0 Å². The average molecular weight is 329 g/mol. The highest BCUT2D eigenvalue weighted by atomic mass is 15.2. The van der Waals surface area contributed by atoms with E-state index >= 15 is 0 Å². The minimum Gasteiger partial charge on any atom is -0.371 e. The van der Waals surface area contributed by atoms with Crippen molar-refractivity contribution in [1.29, 1.82) is 0 Å². The Morgan fingerprint density at radius 1 is 1.25 bits per heavy atom. The summed E-state index contributed by atoms with van der Waals surface area (Å²) in [6, 6.07) is 10.7. The molecule has 0 spiro atoms. The molecule has 0 aromatic heterocycles. The predicted octanol–water partition coefficient (Wildman–Crippen LogP) is 3.26. The van der Waals surface area contributed by atoms with Gasteiger partial charge in [0, 0.05) is 38.9 Å². The van der Waals surface area contributed by atoms with Crippen molar-refractivity contribution in [1.82, 2.24) is 10.6 Å². The van der Waals surface area contributed by atoms with Crippen molar-refractivity contribution in [3.05, 3.63) is 30.3 Å². The van der Waals surface area contributed by atoms with Crippen LogP contribution in [-0.2, 0) is 0 Å². The molecule has 0 bridgehead atoms. The third-order valence-corrected chi connectivity index (χ3v) is 5.98. The first-order chi connectivity index (χ1) is 11.7. The quantitative estimate of drug-likeness (QED) is 0.622. The van der Waals surface area contributed by atoms with E-state index in [0.717, 1.165) is 32.1 Å². The maximum Gasteiger partial charge on any atom is 0.191 e. The molecule has 4 nitrogen and oxygen atoms in total. The first-order valence-corrected chi connectivity index (χ1v) is 9.49. The minimum atomic E-state index is 0.523. The van der Waals surface area contributed by atoms with Crippen LogP contribution in [-0.4, -0.2) is 39.2 Å². The van der Waals surface area contributed by atoms with Gasteiger partial charge in [0.25, 0.3) is 0 Å². The second kappa shape index (κ2) is 7.91. The molecule has 2 N–H and O–H groups in total. The number of guanidine groups is 1. The molecule has 1 heterocycles. The number of nitrogens with zero attached hydrogens (tertiary/aromatic N) is 2. The van der Waals surface area contributed by atoms with Gasteiger partial charge in [0.05, 0.1) is 0 Å². The zero-order valence-corrected chi connectivity index (χ0v) is 15.2. The normalized spacial score (nSPS) is 23.0. The lowest BCUT2D eigenvalue weighted by atomic mass is 9.67. The lowest BCUT2D eigenvalue weighted by Crippen LogP contribution is -2.47. The van der Waals surface area contributed by atoms with Gasteiger partial charge in [-0.3, -0.25) is 4.99 Å². The molecular formula is C20H32N4. The summed E-state index contributed by atoms with van der Waals surface area (Å²) < 4.78 is 0. The van der Waals surface area contributed by atoms with Crippen LogP contribution in [0.15, 0.2) is 35.3 Å². The van der Waals surface area contributed by atoms with Crippen molar-refractivity contribution in [2.75, 3.05) is 38.1 Å². The van der Waals surface area contributed by atoms with E-state index in [9.17, 15) is 0 Å². The first-order valence-electron chi connectivity index (χ1n) is 9.49. The number of hydrogen-bond acceptors (Lipinski definition) is 2. The molecule has 2 aliphatic rings. The third-order valence-electron chi connectivity index (χ3n) is 5.98. The van der Waals surface area contributed by atoms with Gasteiger partial charge in [0.15, 0.2) is 5.96 Å². The van der Waals surface area contributed by atoms with Gasteiger partial charge in [-0.05, 0) is 49.1 Å². The van der Waals surface area contributed by atoms with Gasteiger partial charge in [0.2, 0.25) is 0 Å². The summed E-state index contributed by atoms with van der Waals surface area (Å²) in [6.07, 6.45) is 6.63. The number of nitrogens with one attached hydrogen (secondary N) is 2. The first kappa shape index (κ1) is 17.1. The Morgan fingerprint density at radius 2 is 2.04 bits per heavy atom. The summed E-state index contributed by atoms with van der Waals surface area (Å²) in [5, 5.41) is 7.10. The Bertz CT molecular complexity index is 530. The Labute approximate surface area is 146 Å². The van der Waals surface area contributed by atoms with Crippen LogP contribution < -0.4 is 15.5 Å². The van der Waals surface area contributed by atoms with Crippen molar-refractivity contribution >= 4 is 11.6 Å². The fraction of sp³-hybridized carbons (Fsp3) is 0.650. The van der Waals surface area contributed by atoms with E-state index in [0.29, 0.717) is 11.3 Å². The molecule has 24 heavy (non-hydrogen) atoms. The topological polar surface area (TPSA) is 39.7 Å². The Kier molecular flexibility index (Phi) is 5.64. The SMILES string of the molecule is CCC1(CNC(=NC)NCC2CCN(c3ccccc3)C2)CCC1. The van der Waals surface area contributed by atoms with E-state index in [4.69, 9.17) is 0 Å². The fourth-order valence-electron chi connectivity index (χ4n) is 3.94. The second-order valence-electron chi connectivity index (χ2n) is 7.45. The van der Waals surface area contributed by atoms with Crippen molar-refractivity contribution < 1.29 is 0 Å². The highest BCUT2D eigenvalue weighted by Crippen LogP contribution is 2.42. The molecule has 1 aromatic rings. The zero-order valence-electron chi connectivity index (χ0n) is 15.2. The van der Waals surface area contributed by atoms with Crippen molar-refractivity contribution in [2.45, 2.75) is 39.0 Å². The monoisotopic (exact) mass is 328 g/mol. The molecular weight excluding hydrogens is 296 g/mol. The van der Waals surface area contributed by atoms with Gasteiger partial charge in [-0.1, -0.05) is 31.5 Å². The molecule has 2 fully saturated rings. The molecule has 1 atom stereocenters. The Morgan fingerprint density at radius 3 is 2.67 bits per heavy atom. The summed E-state index contributed by atoms with van der Waals surface area (Å²) in [4.78, 5) is 6.89. The molecule has 1 aliphatic heterocycles. The Hall–Kier alpha value is -1.71. The van der Waals surface area contributed by atoms with Gasteiger partial charge in [-0.25, -0.2) is 0 Å². The fourth-order valence-corrected chi connectivity index (χ4v) is 3.94. The molecule has 0 radical (unpaired) electrons. The van der Waals surface area contributed by atoms with Gasteiger partial charge < -0.3 is 15.5 Å². The molecule has 4 heteroatoms. The van der Waals surface area contributed by atoms with Gasteiger partial charge >= 0.3 is 0 Å². The number of rotatable bonds is 6. The molecule has 1 saturated carbocycles. The van der Waals surface area contributed by atoms with Gasteiger partial charge in [-0.15, -0.1) is 0 Å². The van der Waals surface area contributed by atoms with Crippen molar-refractivity contribution in [3.63, 3.8) is 0 Å². The number of hydrogen-bond donors (Lipinski definition) is 2. The number of benzene rings is 1. The van der Waals surface area contributed by atoms with E-state index < -0.39 is 0 Å². The third kappa shape index (κ3) is 4.03. The Balaban J connectivity index is 1.42.